The minimum absolute atomic E-state index is 0.0782. The molecule has 9 heteroatoms. The Morgan fingerprint density at radius 1 is 1.40 bits per heavy atom. The van der Waals surface area contributed by atoms with Gasteiger partial charge < -0.3 is 30.4 Å². The summed E-state index contributed by atoms with van der Waals surface area (Å²) in [5.41, 5.74) is 6.11. The number of imidazole rings is 1. The molecule has 0 spiro atoms. The van der Waals surface area contributed by atoms with Crippen LogP contribution in [-0.2, 0) is 4.74 Å². The third kappa shape index (κ3) is 1.83. The summed E-state index contributed by atoms with van der Waals surface area (Å²) in [5, 5.41) is 28.7. The molecule has 1 saturated heterocycles. The zero-order valence-corrected chi connectivity index (χ0v) is 10.2. The van der Waals surface area contributed by atoms with E-state index < -0.39 is 37.1 Å². The van der Waals surface area contributed by atoms with Gasteiger partial charge in [0.2, 0.25) is 5.95 Å². The van der Waals surface area contributed by atoms with Gasteiger partial charge in [-0.05, 0) is 0 Å². The molecule has 0 radical (unpaired) electrons. The molecule has 1 unspecified atom stereocenters. The predicted molar refractivity (Wildman–Crippen MR) is 64.9 cm³/mol. The number of anilines is 1. The maximum Gasteiger partial charge on any atom is 0.217 e. The summed E-state index contributed by atoms with van der Waals surface area (Å²) in [7, 11) is 0. The van der Waals surface area contributed by atoms with Gasteiger partial charge in [0.1, 0.15) is 23.8 Å². The highest BCUT2D eigenvalue weighted by Crippen LogP contribution is 2.32. The number of pyridine rings is 1. The first-order valence-electron chi connectivity index (χ1n) is 5.94. The standard InChI is InChI=1S/C11H13FN4O4/c12-6-1-4-7(10(13)15-6)14-3-16(4)11-9(19)8(18)5(2-17)20-11/h1,3,5,8-9,11,17-19H,2H2,(H2,13,15)/t5-,8-,9-,11?/m1/s1. The normalized spacial score (nSPS) is 30.2. The van der Waals surface area contributed by atoms with Crippen molar-refractivity contribution in [3.63, 3.8) is 0 Å². The average Bonchev–Trinajstić information content (AvgIpc) is 2.93. The molecule has 1 fully saturated rings. The van der Waals surface area contributed by atoms with E-state index in [9.17, 15) is 14.6 Å². The topological polar surface area (TPSA) is 127 Å². The van der Waals surface area contributed by atoms with E-state index in [1.54, 1.807) is 0 Å². The Balaban J connectivity index is 2.07. The Morgan fingerprint density at radius 2 is 2.15 bits per heavy atom. The molecule has 5 N–H and O–H groups in total. The third-order valence-corrected chi connectivity index (χ3v) is 3.35. The maximum atomic E-state index is 13.3. The second kappa shape index (κ2) is 4.63. The van der Waals surface area contributed by atoms with E-state index >= 15 is 0 Å². The van der Waals surface area contributed by atoms with Crippen molar-refractivity contribution in [3.05, 3.63) is 18.3 Å². The fourth-order valence-electron chi connectivity index (χ4n) is 2.34. The molecule has 0 saturated carbocycles. The summed E-state index contributed by atoms with van der Waals surface area (Å²) < 4.78 is 20.0. The highest BCUT2D eigenvalue weighted by Gasteiger charge is 2.43. The van der Waals surface area contributed by atoms with E-state index in [-0.39, 0.29) is 16.9 Å². The second-order valence-electron chi connectivity index (χ2n) is 4.58. The van der Waals surface area contributed by atoms with Crippen LogP contribution in [0.1, 0.15) is 6.23 Å². The number of nitrogens with zero attached hydrogens (tertiary/aromatic N) is 3. The summed E-state index contributed by atoms with van der Waals surface area (Å²) in [4.78, 5) is 7.44. The van der Waals surface area contributed by atoms with Gasteiger partial charge in [0.05, 0.1) is 18.5 Å². The van der Waals surface area contributed by atoms with Gasteiger partial charge in [-0.3, -0.25) is 0 Å². The fourth-order valence-corrected chi connectivity index (χ4v) is 2.34. The first-order chi connectivity index (χ1) is 9.52. The van der Waals surface area contributed by atoms with Gasteiger partial charge in [-0.1, -0.05) is 0 Å². The SMILES string of the molecule is Nc1nc(F)cc2c1ncn2C1O[C@H](CO)[C@@H](O)[C@H]1O. The Labute approximate surface area is 112 Å². The number of ether oxygens (including phenoxy) is 1. The van der Waals surface area contributed by atoms with Crippen LogP contribution in [0.5, 0.6) is 0 Å². The second-order valence-corrected chi connectivity index (χ2v) is 4.58. The van der Waals surface area contributed by atoms with Crippen LogP contribution >= 0.6 is 0 Å². The van der Waals surface area contributed by atoms with Crippen molar-refractivity contribution in [2.75, 3.05) is 12.3 Å². The number of aliphatic hydroxyl groups excluding tert-OH is 3. The Kier molecular flexibility index (Phi) is 3.05. The van der Waals surface area contributed by atoms with Gasteiger partial charge >= 0.3 is 0 Å². The fraction of sp³-hybridized carbons (Fsp3) is 0.455. The highest BCUT2D eigenvalue weighted by atomic mass is 19.1. The molecule has 108 valence electrons. The highest BCUT2D eigenvalue weighted by molar-refractivity contribution is 5.84. The Bertz CT molecular complexity index is 649. The number of hydrogen-bond acceptors (Lipinski definition) is 7. The van der Waals surface area contributed by atoms with Crippen LogP contribution in [-0.4, -0.2) is 54.8 Å². The molecule has 0 bridgehead atoms. The summed E-state index contributed by atoms with van der Waals surface area (Å²) in [6, 6.07) is 1.10. The quantitative estimate of drug-likeness (QED) is 0.508. The Hall–Kier alpha value is -1.81. The van der Waals surface area contributed by atoms with Crippen molar-refractivity contribution in [2.45, 2.75) is 24.5 Å². The number of halogens is 1. The largest absolute Gasteiger partial charge is 0.394 e. The molecule has 1 aliphatic heterocycles. The number of nitrogens with two attached hydrogens (primary N) is 1. The number of nitrogen functional groups attached to an aromatic ring is 1. The average molecular weight is 284 g/mol. The van der Waals surface area contributed by atoms with E-state index in [4.69, 9.17) is 15.6 Å². The lowest BCUT2D eigenvalue weighted by atomic mass is 10.1. The van der Waals surface area contributed by atoms with Crippen LogP contribution in [0.2, 0.25) is 0 Å². The van der Waals surface area contributed by atoms with Crippen molar-refractivity contribution < 1.29 is 24.4 Å². The van der Waals surface area contributed by atoms with Crippen LogP contribution in [0.25, 0.3) is 11.0 Å². The van der Waals surface area contributed by atoms with Crippen molar-refractivity contribution in [3.8, 4) is 0 Å². The molecule has 20 heavy (non-hydrogen) atoms. The molecular formula is C11H13FN4O4. The molecule has 8 nitrogen and oxygen atoms in total. The molecule has 0 aliphatic carbocycles. The summed E-state index contributed by atoms with van der Waals surface area (Å²) in [6.45, 7) is -0.445. The van der Waals surface area contributed by atoms with Crippen molar-refractivity contribution in [1.82, 2.24) is 14.5 Å². The van der Waals surface area contributed by atoms with Gasteiger partial charge in [0, 0.05) is 6.07 Å². The first-order valence-corrected chi connectivity index (χ1v) is 5.94. The van der Waals surface area contributed by atoms with Gasteiger partial charge in [-0.2, -0.15) is 4.39 Å². The van der Waals surface area contributed by atoms with Crippen LogP contribution in [0.3, 0.4) is 0 Å². The monoisotopic (exact) mass is 284 g/mol. The molecule has 4 atom stereocenters. The van der Waals surface area contributed by atoms with Gasteiger partial charge in [0.15, 0.2) is 12.0 Å². The number of fused-ring (bicyclic) bond motifs is 1. The summed E-state index contributed by atoms with van der Waals surface area (Å²) in [6.07, 6.45) is -3.12. The lowest BCUT2D eigenvalue weighted by Crippen LogP contribution is -2.33. The number of hydrogen-bond donors (Lipinski definition) is 4. The van der Waals surface area contributed by atoms with Gasteiger partial charge in [0.25, 0.3) is 0 Å². The zero-order chi connectivity index (χ0) is 14.4. The molecule has 3 rings (SSSR count). The van der Waals surface area contributed by atoms with E-state index in [1.165, 1.54) is 10.9 Å². The first kappa shape index (κ1) is 13.2. The number of aliphatic hydroxyl groups is 3. The lowest BCUT2D eigenvalue weighted by molar-refractivity contribution is -0.0509. The van der Waals surface area contributed by atoms with Crippen LogP contribution in [0.15, 0.2) is 12.4 Å². The van der Waals surface area contributed by atoms with Crippen LogP contribution in [0.4, 0.5) is 10.2 Å². The van der Waals surface area contributed by atoms with Crippen molar-refractivity contribution >= 4 is 16.9 Å². The molecule has 0 amide bonds. The van der Waals surface area contributed by atoms with E-state index in [1.807, 2.05) is 0 Å². The maximum absolute atomic E-state index is 13.3. The van der Waals surface area contributed by atoms with Crippen molar-refractivity contribution in [2.24, 2.45) is 0 Å². The smallest absolute Gasteiger partial charge is 0.217 e. The van der Waals surface area contributed by atoms with E-state index in [2.05, 4.69) is 9.97 Å². The molecule has 3 heterocycles. The van der Waals surface area contributed by atoms with Crippen molar-refractivity contribution in [1.29, 1.82) is 0 Å². The number of rotatable bonds is 2. The summed E-state index contributed by atoms with van der Waals surface area (Å²) in [5.74, 6) is -0.867. The van der Waals surface area contributed by atoms with E-state index in [0.717, 1.165) is 6.07 Å². The van der Waals surface area contributed by atoms with Crippen LogP contribution in [0, 0.1) is 5.95 Å². The third-order valence-electron chi connectivity index (χ3n) is 3.35. The molecule has 2 aromatic heterocycles. The van der Waals surface area contributed by atoms with Gasteiger partial charge in [-0.15, -0.1) is 0 Å². The minimum atomic E-state index is -1.28. The Morgan fingerprint density at radius 3 is 2.80 bits per heavy atom. The van der Waals surface area contributed by atoms with Gasteiger partial charge in [-0.25, -0.2) is 9.97 Å². The molecule has 1 aliphatic rings. The lowest BCUT2D eigenvalue weighted by Gasteiger charge is -2.17. The zero-order valence-electron chi connectivity index (χ0n) is 10.2. The molecule has 0 aromatic carbocycles. The van der Waals surface area contributed by atoms with E-state index in [0.29, 0.717) is 0 Å². The predicted octanol–water partition coefficient (Wildman–Crippen LogP) is -1.24. The van der Waals surface area contributed by atoms with Crippen LogP contribution < -0.4 is 5.73 Å². The molecular weight excluding hydrogens is 271 g/mol. The minimum Gasteiger partial charge on any atom is -0.394 e. The molecule has 2 aromatic rings. The number of aromatic nitrogens is 3. The summed E-state index contributed by atoms with van der Waals surface area (Å²) >= 11 is 0.